The van der Waals surface area contributed by atoms with Gasteiger partial charge in [-0.05, 0) is 19.1 Å². The van der Waals surface area contributed by atoms with Crippen molar-refractivity contribution in [3.05, 3.63) is 24.3 Å². The summed E-state index contributed by atoms with van der Waals surface area (Å²) in [5, 5.41) is 12.4. The lowest BCUT2D eigenvalue weighted by Gasteiger charge is -2.19. The van der Waals surface area contributed by atoms with E-state index in [1.54, 1.807) is 0 Å². The number of aliphatic imine (C=N–C) groups is 1. The van der Waals surface area contributed by atoms with E-state index in [2.05, 4.69) is 10.3 Å². The van der Waals surface area contributed by atoms with Gasteiger partial charge in [-0.25, -0.2) is 4.99 Å². The summed E-state index contributed by atoms with van der Waals surface area (Å²) in [7, 11) is 0. The van der Waals surface area contributed by atoms with Gasteiger partial charge in [-0.2, -0.15) is 0 Å². The van der Waals surface area contributed by atoms with Gasteiger partial charge in [0.1, 0.15) is 0 Å². The Labute approximate surface area is 70.8 Å². The molecule has 2 rings (SSSR count). The van der Waals surface area contributed by atoms with E-state index in [9.17, 15) is 5.11 Å². The molecule has 1 atom stereocenters. The number of benzene rings is 1. The standard InChI is InChI=1S/C9H10N2O/c1-6-9(12)11-8-5-3-2-4-7(8)10-6/h2-6,10H,1H3,(H,11,12). The van der Waals surface area contributed by atoms with Crippen molar-refractivity contribution in [2.45, 2.75) is 13.0 Å². The first kappa shape index (κ1) is 7.16. The normalized spacial score (nSPS) is 20.8. The van der Waals surface area contributed by atoms with Crippen molar-refractivity contribution in [3.63, 3.8) is 0 Å². The SMILES string of the molecule is CC1Nc2ccccc2N=C1O. The third-order valence-electron chi connectivity index (χ3n) is 1.90. The van der Waals surface area contributed by atoms with Gasteiger partial charge >= 0.3 is 0 Å². The number of aliphatic hydroxyl groups is 1. The molecule has 12 heavy (non-hydrogen) atoms. The van der Waals surface area contributed by atoms with Crippen LogP contribution in [0.5, 0.6) is 0 Å². The molecule has 0 fully saturated rings. The zero-order valence-electron chi connectivity index (χ0n) is 6.78. The van der Waals surface area contributed by atoms with Gasteiger partial charge in [-0.1, -0.05) is 12.1 Å². The number of anilines is 1. The highest BCUT2D eigenvalue weighted by Crippen LogP contribution is 2.28. The Bertz CT molecular complexity index is 333. The first-order valence-electron chi connectivity index (χ1n) is 3.90. The number of rotatable bonds is 0. The minimum atomic E-state index is -0.0834. The van der Waals surface area contributed by atoms with Crippen LogP contribution in [0, 0.1) is 0 Å². The summed E-state index contributed by atoms with van der Waals surface area (Å²) in [6.45, 7) is 1.87. The number of hydrogen-bond donors (Lipinski definition) is 2. The van der Waals surface area contributed by atoms with Crippen LogP contribution in [0.4, 0.5) is 11.4 Å². The molecule has 0 spiro atoms. The zero-order valence-corrected chi connectivity index (χ0v) is 6.78. The summed E-state index contributed by atoms with van der Waals surface area (Å²) < 4.78 is 0. The molecule has 1 aromatic rings. The fourth-order valence-electron chi connectivity index (χ4n) is 1.21. The molecule has 2 N–H and O–H groups in total. The molecule has 1 heterocycles. The molecule has 62 valence electrons. The van der Waals surface area contributed by atoms with Crippen LogP contribution in [0.1, 0.15) is 6.92 Å². The van der Waals surface area contributed by atoms with E-state index < -0.39 is 0 Å². The van der Waals surface area contributed by atoms with Crippen molar-refractivity contribution in [2.75, 3.05) is 5.32 Å². The molecule has 0 bridgehead atoms. The van der Waals surface area contributed by atoms with E-state index in [1.165, 1.54) is 0 Å². The zero-order chi connectivity index (χ0) is 8.55. The van der Waals surface area contributed by atoms with Gasteiger partial charge in [0.05, 0.1) is 17.4 Å². The van der Waals surface area contributed by atoms with Gasteiger partial charge in [-0.3, -0.25) is 0 Å². The smallest absolute Gasteiger partial charge is 0.208 e. The maximum absolute atomic E-state index is 9.31. The van der Waals surface area contributed by atoms with Crippen molar-refractivity contribution in [2.24, 2.45) is 4.99 Å². The van der Waals surface area contributed by atoms with Crippen LogP contribution < -0.4 is 5.32 Å². The summed E-state index contributed by atoms with van der Waals surface area (Å²) in [6, 6.07) is 7.57. The average molecular weight is 162 g/mol. The van der Waals surface area contributed by atoms with E-state index in [4.69, 9.17) is 0 Å². The van der Waals surface area contributed by atoms with Crippen LogP contribution in [0.2, 0.25) is 0 Å². The van der Waals surface area contributed by atoms with E-state index in [0.29, 0.717) is 0 Å². The predicted octanol–water partition coefficient (Wildman–Crippen LogP) is 2.09. The summed E-state index contributed by atoms with van der Waals surface area (Å²) in [4.78, 5) is 4.04. The Morgan fingerprint density at radius 2 is 2.17 bits per heavy atom. The second kappa shape index (κ2) is 2.52. The predicted molar refractivity (Wildman–Crippen MR) is 49.3 cm³/mol. The fraction of sp³-hybridized carbons (Fsp3) is 0.222. The van der Waals surface area contributed by atoms with Crippen molar-refractivity contribution in [1.29, 1.82) is 0 Å². The molecule has 3 nitrogen and oxygen atoms in total. The van der Waals surface area contributed by atoms with Gasteiger partial charge < -0.3 is 10.4 Å². The Hall–Kier alpha value is -1.51. The molecule has 1 aliphatic rings. The van der Waals surface area contributed by atoms with Gasteiger partial charge in [0.2, 0.25) is 5.90 Å². The Morgan fingerprint density at radius 3 is 3.00 bits per heavy atom. The van der Waals surface area contributed by atoms with Crippen molar-refractivity contribution >= 4 is 17.3 Å². The third-order valence-corrected chi connectivity index (χ3v) is 1.90. The van der Waals surface area contributed by atoms with E-state index in [1.807, 2.05) is 31.2 Å². The van der Waals surface area contributed by atoms with Gasteiger partial charge in [0.15, 0.2) is 0 Å². The minimum Gasteiger partial charge on any atom is -0.495 e. The Balaban J connectivity index is 2.49. The third kappa shape index (κ3) is 1.03. The number of nitrogens with one attached hydrogen (secondary N) is 1. The number of nitrogens with zero attached hydrogens (tertiary/aromatic N) is 1. The van der Waals surface area contributed by atoms with Gasteiger partial charge in [0.25, 0.3) is 0 Å². The lowest BCUT2D eigenvalue weighted by atomic mass is 10.2. The average Bonchev–Trinajstić information content (AvgIpc) is 2.07. The molecule has 1 unspecified atom stereocenters. The second-order valence-electron chi connectivity index (χ2n) is 2.85. The van der Waals surface area contributed by atoms with Crippen molar-refractivity contribution < 1.29 is 5.11 Å². The highest BCUT2D eigenvalue weighted by atomic mass is 16.3. The van der Waals surface area contributed by atoms with Crippen LogP contribution in [0.3, 0.4) is 0 Å². The van der Waals surface area contributed by atoms with Crippen molar-refractivity contribution in [1.82, 2.24) is 0 Å². The van der Waals surface area contributed by atoms with Crippen LogP contribution in [-0.4, -0.2) is 17.0 Å². The number of para-hydroxylation sites is 2. The Kier molecular flexibility index (Phi) is 1.50. The fourth-order valence-corrected chi connectivity index (χ4v) is 1.21. The van der Waals surface area contributed by atoms with Gasteiger partial charge in [0, 0.05) is 0 Å². The van der Waals surface area contributed by atoms with Gasteiger partial charge in [-0.15, -0.1) is 0 Å². The van der Waals surface area contributed by atoms with Crippen LogP contribution in [0.15, 0.2) is 29.3 Å². The van der Waals surface area contributed by atoms with E-state index in [-0.39, 0.29) is 11.9 Å². The molecule has 1 aromatic carbocycles. The molecule has 0 radical (unpaired) electrons. The molecular weight excluding hydrogens is 152 g/mol. The maximum atomic E-state index is 9.31. The summed E-state index contributed by atoms with van der Waals surface area (Å²) >= 11 is 0. The molecule has 0 aliphatic carbocycles. The highest BCUT2D eigenvalue weighted by molar-refractivity contribution is 5.90. The molecule has 0 amide bonds. The van der Waals surface area contributed by atoms with Crippen molar-refractivity contribution in [3.8, 4) is 0 Å². The molecule has 0 aromatic heterocycles. The Morgan fingerprint density at radius 1 is 1.42 bits per heavy atom. The maximum Gasteiger partial charge on any atom is 0.208 e. The lowest BCUT2D eigenvalue weighted by molar-refractivity contribution is 0.524. The topological polar surface area (TPSA) is 44.6 Å². The summed E-state index contributed by atoms with van der Waals surface area (Å²) in [5.41, 5.74) is 1.77. The molecular formula is C9H10N2O. The number of fused-ring (bicyclic) bond motifs is 1. The molecule has 0 saturated heterocycles. The minimum absolute atomic E-state index is 0.0834. The highest BCUT2D eigenvalue weighted by Gasteiger charge is 2.16. The van der Waals surface area contributed by atoms with E-state index in [0.717, 1.165) is 11.4 Å². The molecule has 1 aliphatic heterocycles. The monoisotopic (exact) mass is 162 g/mol. The van der Waals surface area contributed by atoms with E-state index >= 15 is 0 Å². The first-order chi connectivity index (χ1) is 5.77. The summed E-state index contributed by atoms with van der Waals surface area (Å²) in [5.74, 6) is 0.147. The largest absolute Gasteiger partial charge is 0.495 e. The lowest BCUT2D eigenvalue weighted by Crippen LogP contribution is -2.28. The quantitative estimate of drug-likeness (QED) is 0.613. The summed E-state index contributed by atoms with van der Waals surface area (Å²) in [6.07, 6.45) is 0. The number of aliphatic hydroxyl groups excluding tert-OH is 1. The second-order valence-corrected chi connectivity index (χ2v) is 2.85. The molecule has 3 heteroatoms. The van der Waals surface area contributed by atoms with Crippen LogP contribution >= 0.6 is 0 Å². The first-order valence-corrected chi connectivity index (χ1v) is 3.90. The number of hydrogen-bond acceptors (Lipinski definition) is 2. The van der Waals surface area contributed by atoms with Crippen LogP contribution in [-0.2, 0) is 0 Å². The molecule has 0 saturated carbocycles. The van der Waals surface area contributed by atoms with Crippen LogP contribution in [0.25, 0.3) is 0 Å².